The predicted molar refractivity (Wildman–Crippen MR) is 67.0 cm³/mol. The molecule has 4 nitrogen and oxygen atoms in total. The summed E-state index contributed by atoms with van der Waals surface area (Å²) in [6.45, 7) is 0.346. The molecule has 5 heteroatoms. The summed E-state index contributed by atoms with van der Waals surface area (Å²) >= 11 is 6.06. The fraction of sp³-hybridized carbons (Fsp3) is 0.385. The van der Waals surface area contributed by atoms with Crippen molar-refractivity contribution in [1.29, 1.82) is 0 Å². The molecule has 0 N–H and O–H groups in total. The summed E-state index contributed by atoms with van der Waals surface area (Å²) in [7, 11) is 1.33. The van der Waals surface area contributed by atoms with Crippen LogP contribution in [0, 0.1) is 0 Å². The topological polar surface area (TPSA) is 46.6 Å². The zero-order valence-corrected chi connectivity index (χ0v) is 10.8. The first-order valence-corrected chi connectivity index (χ1v) is 6.12. The molecule has 2 rings (SSSR count). The highest BCUT2D eigenvalue weighted by Gasteiger charge is 2.36. The van der Waals surface area contributed by atoms with E-state index in [4.69, 9.17) is 16.3 Å². The Balaban J connectivity index is 2.18. The van der Waals surface area contributed by atoms with Crippen molar-refractivity contribution in [2.24, 2.45) is 0 Å². The molecule has 0 spiro atoms. The monoisotopic (exact) mass is 267 g/mol. The number of carbonyl (C=O) groups excluding carboxylic acids is 2. The average molecular weight is 268 g/mol. The van der Waals surface area contributed by atoms with Crippen molar-refractivity contribution < 1.29 is 14.3 Å². The molecule has 96 valence electrons. The first kappa shape index (κ1) is 12.9. The maximum Gasteiger partial charge on any atom is 0.328 e. The van der Waals surface area contributed by atoms with Crippen molar-refractivity contribution in [3.63, 3.8) is 0 Å². The molecule has 1 atom stereocenters. The number of methoxy groups -OCH3 is 1. The minimum atomic E-state index is -0.487. The Hall–Kier alpha value is -1.55. The standard InChI is InChI=1S/C13H14ClNO3/c1-18-13(17)11-6-7-12(16)15(11)8-9-4-2-3-5-10(9)14/h2-5,11H,6-8H2,1H3. The highest BCUT2D eigenvalue weighted by atomic mass is 35.5. The zero-order chi connectivity index (χ0) is 13.1. The lowest BCUT2D eigenvalue weighted by atomic mass is 10.2. The second-order valence-corrected chi connectivity index (χ2v) is 4.60. The van der Waals surface area contributed by atoms with Crippen LogP contribution < -0.4 is 0 Å². The number of esters is 1. The van der Waals surface area contributed by atoms with Crippen molar-refractivity contribution >= 4 is 23.5 Å². The van der Waals surface area contributed by atoms with Crippen LogP contribution in [-0.2, 0) is 20.9 Å². The number of hydrogen-bond acceptors (Lipinski definition) is 3. The molecule has 1 aromatic carbocycles. The number of halogens is 1. The zero-order valence-electron chi connectivity index (χ0n) is 10.1. The lowest BCUT2D eigenvalue weighted by molar-refractivity contribution is -0.149. The van der Waals surface area contributed by atoms with E-state index in [9.17, 15) is 9.59 Å². The summed E-state index contributed by atoms with van der Waals surface area (Å²) in [6.07, 6.45) is 0.889. The third-order valence-electron chi connectivity index (χ3n) is 3.10. The van der Waals surface area contributed by atoms with Gasteiger partial charge in [0.05, 0.1) is 7.11 Å². The fourth-order valence-electron chi connectivity index (χ4n) is 2.12. The van der Waals surface area contributed by atoms with E-state index >= 15 is 0 Å². The van der Waals surface area contributed by atoms with Crippen LogP contribution in [0.5, 0.6) is 0 Å². The van der Waals surface area contributed by atoms with Crippen LogP contribution >= 0.6 is 11.6 Å². The van der Waals surface area contributed by atoms with Gasteiger partial charge in [0.2, 0.25) is 5.91 Å². The van der Waals surface area contributed by atoms with Gasteiger partial charge in [0.25, 0.3) is 0 Å². The van der Waals surface area contributed by atoms with Gasteiger partial charge >= 0.3 is 5.97 Å². The molecule has 1 fully saturated rings. The number of amides is 1. The minimum Gasteiger partial charge on any atom is -0.467 e. The third-order valence-corrected chi connectivity index (χ3v) is 3.47. The summed E-state index contributed by atoms with van der Waals surface area (Å²) in [6, 6.07) is 6.82. The van der Waals surface area contributed by atoms with Crippen molar-refractivity contribution in [1.82, 2.24) is 4.90 Å². The Bertz CT molecular complexity index is 475. The van der Waals surface area contributed by atoms with Gasteiger partial charge < -0.3 is 9.64 Å². The van der Waals surface area contributed by atoms with Gasteiger partial charge in [-0.25, -0.2) is 4.79 Å². The average Bonchev–Trinajstić information content (AvgIpc) is 2.73. The lowest BCUT2D eigenvalue weighted by Gasteiger charge is -2.23. The van der Waals surface area contributed by atoms with Crippen LogP contribution in [0.1, 0.15) is 18.4 Å². The molecular formula is C13H14ClNO3. The number of rotatable bonds is 3. The fourth-order valence-corrected chi connectivity index (χ4v) is 2.32. The molecule has 0 aliphatic carbocycles. The first-order valence-electron chi connectivity index (χ1n) is 5.74. The Labute approximate surface area is 110 Å². The molecule has 0 radical (unpaired) electrons. The quantitative estimate of drug-likeness (QED) is 0.787. The van der Waals surface area contributed by atoms with Gasteiger partial charge in [-0.1, -0.05) is 29.8 Å². The molecule has 1 saturated heterocycles. The number of carbonyl (C=O) groups is 2. The second-order valence-electron chi connectivity index (χ2n) is 4.19. The Morgan fingerprint density at radius 3 is 2.89 bits per heavy atom. The summed E-state index contributed by atoms with van der Waals surface area (Å²) in [4.78, 5) is 24.9. The van der Waals surface area contributed by atoms with Gasteiger partial charge in [0, 0.05) is 18.0 Å². The first-order chi connectivity index (χ1) is 8.63. The maximum absolute atomic E-state index is 11.8. The number of likely N-dealkylation sites (tertiary alicyclic amines) is 1. The number of ether oxygens (including phenoxy) is 1. The molecule has 1 aliphatic heterocycles. The van der Waals surface area contributed by atoms with Crippen molar-refractivity contribution in [2.45, 2.75) is 25.4 Å². The lowest BCUT2D eigenvalue weighted by Crippen LogP contribution is -2.38. The Morgan fingerprint density at radius 1 is 1.50 bits per heavy atom. The molecule has 1 heterocycles. The molecule has 1 unspecified atom stereocenters. The molecule has 1 aliphatic rings. The van der Waals surface area contributed by atoms with E-state index in [1.54, 1.807) is 6.07 Å². The van der Waals surface area contributed by atoms with Crippen molar-refractivity contribution in [3.8, 4) is 0 Å². The van der Waals surface area contributed by atoms with Crippen molar-refractivity contribution in [2.75, 3.05) is 7.11 Å². The molecule has 0 saturated carbocycles. The Morgan fingerprint density at radius 2 is 2.22 bits per heavy atom. The largest absolute Gasteiger partial charge is 0.467 e. The Kier molecular flexibility index (Phi) is 3.87. The second kappa shape index (κ2) is 5.40. The smallest absolute Gasteiger partial charge is 0.328 e. The van der Waals surface area contributed by atoms with Crippen LogP contribution in [-0.4, -0.2) is 29.9 Å². The van der Waals surface area contributed by atoms with Crippen LogP contribution in [0.25, 0.3) is 0 Å². The molecule has 0 bridgehead atoms. The highest BCUT2D eigenvalue weighted by molar-refractivity contribution is 6.31. The van der Waals surface area contributed by atoms with Gasteiger partial charge in [-0.05, 0) is 18.1 Å². The van der Waals surface area contributed by atoms with Gasteiger partial charge in [-0.2, -0.15) is 0 Å². The van der Waals surface area contributed by atoms with E-state index in [1.165, 1.54) is 12.0 Å². The van der Waals surface area contributed by atoms with Gasteiger partial charge in [0.1, 0.15) is 6.04 Å². The summed E-state index contributed by atoms with van der Waals surface area (Å²) in [5.74, 6) is -0.404. The summed E-state index contributed by atoms with van der Waals surface area (Å²) in [5.41, 5.74) is 0.836. The molecule has 0 aromatic heterocycles. The highest BCUT2D eigenvalue weighted by Crippen LogP contribution is 2.25. The number of nitrogens with zero attached hydrogens (tertiary/aromatic N) is 1. The van der Waals surface area contributed by atoms with E-state index in [0.717, 1.165) is 5.56 Å². The van der Waals surface area contributed by atoms with E-state index in [-0.39, 0.29) is 11.9 Å². The third kappa shape index (κ3) is 2.48. The molecular weight excluding hydrogens is 254 g/mol. The van der Waals surface area contributed by atoms with E-state index in [2.05, 4.69) is 0 Å². The minimum absolute atomic E-state index is 0.0367. The summed E-state index contributed by atoms with van der Waals surface area (Å²) < 4.78 is 4.71. The molecule has 1 amide bonds. The van der Waals surface area contributed by atoms with Crippen LogP contribution in [0.3, 0.4) is 0 Å². The van der Waals surface area contributed by atoms with Crippen LogP contribution in [0.2, 0.25) is 5.02 Å². The molecule has 18 heavy (non-hydrogen) atoms. The van der Waals surface area contributed by atoms with E-state index in [0.29, 0.717) is 24.4 Å². The van der Waals surface area contributed by atoms with E-state index in [1.807, 2.05) is 18.2 Å². The van der Waals surface area contributed by atoms with Crippen molar-refractivity contribution in [3.05, 3.63) is 34.9 Å². The van der Waals surface area contributed by atoms with Gasteiger partial charge in [-0.15, -0.1) is 0 Å². The predicted octanol–water partition coefficient (Wildman–Crippen LogP) is 2.00. The van der Waals surface area contributed by atoms with Crippen LogP contribution in [0.4, 0.5) is 0 Å². The normalized spacial score (nSPS) is 19.1. The van der Waals surface area contributed by atoms with Gasteiger partial charge in [-0.3, -0.25) is 4.79 Å². The molecule has 1 aromatic rings. The van der Waals surface area contributed by atoms with E-state index < -0.39 is 6.04 Å². The summed E-state index contributed by atoms with van der Waals surface area (Å²) in [5, 5.41) is 0.598. The number of hydrogen-bond donors (Lipinski definition) is 0. The SMILES string of the molecule is COC(=O)C1CCC(=O)N1Cc1ccccc1Cl. The van der Waals surface area contributed by atoms with Gasteiger partial charge in [0.15, 0.2) is 0 Å². The maximum atomic E-state index is 11.8. The number of benzene rings is 1. The van der Waals surface area contributed by atoms with Crippen LogP contribution in [0.15, 0.2) is 24.3 Å².